The summed E-state index contributed by atoms with van der Waals surface area (Å²) in [5, 5.41) is 1.19. The lowest BCUT2D eigenvalue weighted by Crippen LogP contribution is -2.02. The molecular weight excluding hydrogens is 258 g/mol. The highest BCUT2D eigenvalue weighted by Crippen LogP contribution is 2.27. The normalized spacial score (nSPS) is 11.2. The fourth-order valence-corrected chi connectivity index (χ4v) is 2.61. The summed E-state index contributed by atoms with van der Waals surface area (Å²) in [7, 11) is 0. The van der Waals surface area contributed by atoms with E-state index in [0.717, 1.165) is 12.3 Å². The average Bonchev–Trinajstić information content (AvgIpc) is 2.89. The minimum absolute atomic E-state index is 0.606. The lowest BCUT2D eigenvalue weighted by atomic mass is 10.2. The number of rotatable bonds is 5. The third-order valence-electron chi connectivity index (χ3n) is 3.57. The van der Waals surface area contributed by atoms with Gasteiger partial charge in [-0.1, -0.05) is 50.2 Å². The van der Waals surface area contributed by atoms with Crippen LogP contribution in [-0.2, 0) is 13.2 Å². The molecule has 0 bridgehead atoms. The summed E-state index contributed by atoms with van der Waals surface area (Å²) >= 11 is 0. The van der Waals surface area contributed by atoms with Crippen LogP contribution in [0.25, 0.3) is 10.9 Å². The van der Waals surface area contributed by atoms with Crippen LogP contribution in [0.15, 0.2) is 60.8 Å². The number of hydrogen-bond acceptors (Lipinski definition) is 1. The van der Waals surface area contributed by atoms with E-state index in [1.807, 2.05) is 24.3 Å². The van der Waals surface area contributed by atoms with Crippen molar-refractivity contribution < 1.29 is 4.74 Å². The monoisotopic (exact) mass is 279 g/mol. The molecule has 3 aromatic rings. The van der Waals surface area contributed by atoms with Gasteiger partial charge in [-0.2, -0.15) is 0 Å². The predicted octanol–water partition coefficient (Wildman–Crippen LogP) is 4.88. The zero-order valence-electron chi connectivity index (χ0n) is 12.6. The Bertz CT molecular complexity index is 713. The molecule has 0 aliphatic carbocycles. The molecule has 0 aliphatic heterocycles. The maximum Gasteiger partial charge on any atom is 0.129 e. The van der Waals surface area contributed by atoms with E-state index in [4.69, 9.17) is 4.74 Å². The first-order valence-electron chi connectivity index (χ1n) is 7.48. The molecule has 2 aromatic carbocycles. The highest BCUT2D eigenvalue weighted by atomic mass is 16.5. The van der Waals surface area contributed by atoms with E-state index in [2.05, 4.69) is 54.9 Å². The predicted molar refractivity (Wildman–Crippen MR) is 87.6 cm³/mol. The zero-order valence-corrected chi connectivity index (χ0v) is 12.6. The molecule has 0 unspecified atom stereocenters. The second-order valence-electron chi connectivity index (χ2n) is 5.83. The molecule has 0 amide bonds. The van der Waals surface area contributed by atoms with E-state index in [9.17, 15) is 0 Å². The van der Waals surface area contributed by atoms with Crippen molar-refractivity contribution in [1.29, 1.82) is 0 Å². The number of hydrogen-bond donors (Lipinski definition) is 0. The zero-order chi connectivity index (χ0) is 14.7. The lowest BCUT2D eigenvalue weighted by molar-refractivity contribution is 0.310. The fraction of sp³-hybridized carbons (Fsp3) is 0.263. The SMILES string of the molecule is CC(C)Cn1ccc2c(OCc3ccccc3)cccc21. The number of fused-ring (bicyclic) bond motifs is 1. The van der Waals surface area contributed by atoms with E-state index in [0.29, 0.717) is 12.5 Å². The van der Waals surface area contributed by atoms with Crippen LogP contribution in [0.1, 0.15) is 19.4 Å². The molecule has 0 radical (unpaired) electrons. The Morgan fingerprint density at radius 3 is 2.52 bits per heavy atom. The van der Waals surface area contributed by atoms with Crippen molar-refractivity contribution >= 4 is 10.9 Å². The third kappa shape index (κ3) is 3.10. The molecule has 0 saturated heterocycles. The summed E-state index contributed by atoms with van der Waals surface area (Å²) in [6.07, 6.45) is 2.15. The van der Waals surface area contributed by atoms with Gasteiger partial charge in [0.2, 0.25) is 0 Å². The molecule has 2 heteroatoms. The van der Waals surface area contributed by atoms with Crippen LogP contribution in [0.5, 0.6) is 5.75 Å². The number of benzene rings is 2. The molecular formula is C19H21NO. The molecule has 0 spiro atoms. The van der Waals surface area contributed by atoms with E-state index < -0.39 is 0 Å². The van der Waals surface area contributed by atoms with Crippen molar-refractivity contribution in [1.82, 2.24) is 4.57 Å². The molecule has 3 rings (SSSR count). The summed E-state index contributed by atoms with van der Waals surface area (Å²) < 4.78 is 8.31. The molecule has 2 nitrogen and oxygen atoms in total. The maximum atomic E-state index is 6.01. The third-order valence-corrected chi connectivity index (χ3v) is 3.57. The van der Waals surface area contributed by atoms with Crippen LogP contribution < -0.4 is 4.74 Å². The van der Waals surface area contributed by atoms with Gasteiger partial charge in [0.25, 0.3) is 0 Å². The average molecular weight is 279 g/mol. The lowest BCUT2D eigenvalue weighted by Gasteiger charge is -2.10. The van der Waals surface area contributed by atoms with Gasteiger partial charge in [-0.25, -0.2) is 0 Å². The fourth-order valence-electron chi connectivity index (χ4n) is 2.61. The van der Waals surface area contributed by atoms with Crippen molar-refractivity contribution in [2.24, 2.45) is 5.92 Å². The molecule has 21 heavy (non-hydrogen) atoms. The molecule has 108 valence electrons. The Kier molecular flexibility index (Phi) is 3.96. The van der Waals surface area contributed by atoms with Gasteiger partial charge >= 0.3 is 0 Å². The van der Waals surface area contributed by atoms with E-state index in [1.54, 1.807) is 0 Å². The largest absolute Gasteiger partial charge is 0.488 e. The smallest absolute Gasteiger partial charge is 0.129 e. The van der Waals surface area contributed by atoms with Gasteiger partial charge in [-0.15, -0.1) is 0 Å². The first kappa shape index (κ1) is 13.7. The van der Waals surface area contributed by atoms with Gasteiger partial charge in [0, 0.05) is 18.1 Å². The summed E-state index contributed by atoms with van der Waals surface area (Å²) in [6, 6.07) is 18.7. The summed E-state index contributed by atoms with van der Waals surface area (Å²) in [4.78, 5) is 0. The van der Waals surface area contributed by atoms with E-state index >= 15 is 0 Å². The minimum atomic E-state index is 0.606. The van der Waals surface area contributed by atoms with Crippen LogP contribution in [0.4, 0.5) is 0 Å². The Morgan fingerprint density at radius 2 is 1.76 bits per heavy atom. The first-order chi connectivity index (χ1) is 10.2. The molecule has 1 heterocycles. The van der Waals surface area contributed by atoms with Gasteiger partial charge in [0.1, 0.15) is 12.4 Å². The van der Waals surface area contributed by atoms with Gasteiger partial charge in [0.15, 0.2) is 0 Å². The van der Waals surface area contributed by atoms with E-state index in [-0.39, 0.29) is 0 Å². The summed E-state index contributed by atoms with van der Waals surface area (Å²) in [6.45, 7) is 6.12. The quantitative estimate of drug-likeness (QED) is 0.649. The molecule has 0 saturated carbocycles. The molecule has 0 aliphatic rings. The topological polar surface area (TPSA) is 14.2 Å². The summed E-state index contributed by atoms with van der Waals surface area (Å²) in [5.74, 6) is 1.59. The van der Waals surface area contributed by atoms with Crippen LogP contribution >= 0.6 is 0 Å². The van der Waals surface area contributed by atoms with E-state index in [1.165, 1.54) is 16.5 Å². The standard InChI is InChI=1S/C19H21NO/c1-15(2)13-20-12-11-17-18(20)9-6-10-19(17)21-14-16-7-4-3-5-8-16/h3-12,15H,13-14H2,1-2H3. The molecule has 0 atom stereocenters. The van der Waals surface area contributed by atoms with Gasteiger partial charge in [0.05, 0.1) is 5.52 Å². The van der Waals surface area contributed by atoms with Gasteiger partial charge < -0.3 is 9.30 Å². The second kappa shape index (κ2) is 6.04. The molecule has 1 aromatic heterocycles. The Morgan fingerprint density at radius 1 is 0.952 bits per heavy atom. The maximum absolute atomic E-state index is 6.01. The van der Waals surface area contributed by atoms with Crippen LogP contribution in [-0.4, -0.2) is 4.57 Å². The first-order valence-corrected chi connectivity index (χ1v) is 7.48. The van der Waals surface area contributed by atoms with Crippen molar-refractivity contribution in [3.8, 4) is 5.75 Å². The summed E-state index contributed by atoms with van der Waals surface area (Å²) in [5.41, 5.74) is 2.44. The van der Waals surface area contributed by atoms with Crippen LogP contribution in [0.3, 0.4) is 0 Å². The minimum Gasteiger partial charge on any atom is -0.488 e. The molecule has 0 fully saturated rings. The van der Waals surface area contributed by atoms with Crippen molar-refractivity contribution in [3.05, 3.63) is 66.4 Å². The van der Waals surface area contributed by atoms with Crippen LogP contribution in [0, 0.1) is 5.92 Å². The number of nitrogens with zero attached hydrogens (tertiary/aromatic N) is 1. The second-order valence-corrected chi connectivity index (χ2v) is 5.83. The highest BCUT2D eigenvalue weighted by molar-refractivity contribution is 5.86. The Balaban J connectivity index is 1.84. The number of aromatic nitrogens is 1. The molecule has 0 N–H and O–H groups in total. The van der Waals surface area contributed by atoms with Gasteiger partial charge in [-0.05, 0) is 29.7 Å². The van der Waals surface area contributed by atoms with Crippen molar-refractivity contribution in [3.63, 3.8) is 0 Å². The van der Waals surface area contributed by atoms with Crippen molar-refractivity contribution in [2.75, 3.05) is 0 Å². The van der Waals surface area contributed by atoms with Crippen molar-refractivity contribution in [2.45, 2.75) is 27.0 Å². The Labute approximate surface area is 126 Å². The number of ether oxygens (including phenoxy) is 1. The van der Waals surface area contributed by atoms with Gasteiger partial charge in [-0.3, -0.25) is 0 Å². The van der Waals surface area contributed by atoms with Crippen LogP contribution in [0.2, 0.25) is 0 Å². The Hall–Kier alpha value is -2.22. The highest BCUT2D eigenvalue weighted by Gasteiger charge is 2.07.